The summed E-state index contributed by atoms with van der Waals surface area (Å²) in [7, 11) is 0. The number of pyridine rings is 1. The van der Waals surface area contributed by atoms with Gasteiger partial charge in [0.05, 0.1) is 11.1 Å². The van der Waals surface area contributed by atoms with Crippen molar-refractivity contribution in [1.82, 2.24) is 9.88 Å². The number of rotatable bonds is 1. The van der Waals surface area contributed by atoms with E-state index >= 15 is 0 Å². The number of hydrogen-bond donors (Lipinski definition) is 1. The number of hydrogen-bond acceptors (Lipinski definition) is 3. The van der Waals surface area contributed by atoms with Crippen LogP contribution in [0.1, 0.15) is 22.5 Å². The number of aromatic nitrogens is 1. The van der Waals surface area contributed by atoms with Crippen LogP contribution < -0.4 is 5.73 Å². The number of benzene rings is 1. The summed E-state index contributed by atoms with van der Waals surface area (Å²) in [4.78, 5) is 18.9. The number of aryl methyl sites for hydroxylation is 1. The lowest BCUT2D eigenvalue weighted by molar-refractivity contribution is 0.0792. The second-order valence-corrected chi connectivity index (χ2v) is 5.13. The van der Waals surface area contributed by atoms with Crippen molar-refractivity contribution in [2.24, 2.45) is 5.73 Å². The first-order valence-corrected chi connectivity index (χ1v) is 6.56. The molecule has 0 spiro atoms. The van der Waals surface area contributed by atoms with Crippen molar-refractivity contribution >= 4 is 16.8 Å². The maximum atomic E-state index is 12.5. The van der Waals surface area contributed by atoms with Crippen LogP contribution in [0.25, 0.3) is 10.9 Å². The van der Waals surface area contributed by atoms with Gasteiger partial charge in [-0.2, -0.15) is 0 Å². The molecular formula is C15H17N3O. The molecule has 1 aromatic heterocycles. The van der Waals surface area contributed by atoms with Crippen LogP contribution in [0.2, 0.25) is 0 Å². The summed E-state index contributed by atoms with van der Waals surface area (Å²) in [5.74, 6) is 0.0386. The summed E-state index contributed by atoms with van der Waals surface area (Å²) in [5.41, 5.74) is 8.25. The number of amides is 1. The standard InChI is InChI=1S/C15H17N3O/c1-10-5-6-11-3-2-4-13(14(11)17-10)15(19)18-8-7-12(16)9-18/h2-6,12H,7-9,16H2,1H3/t12-/m1/s1. The van der Waals surface area contributed by atoms with E-state index in [9.17, 15) is 4.79 Å². The Morgan fingerprint density at radius 3 is 2.95 bits per heavy atom. The Labute approximate surface area is 112 Å². The van der Waals surface area contributed by atoms with Gasteiger partial charge in [0.1, 0.15) is 0 Å². The molecule has 2 heterocycles. The molecule has 1 fully saturated rings. The van der Waals surface area contributed by atoms with Crippen LogP contribution in [0.4, 0.5) is 0 Å². The molecule has 1 amide bonds. The van der Waals surface area contributed by atoms with Crippen molar-refractivity contribution in [2.75, 3.05) is 13.1 Å². The molecule has 2 N–H and O–H groups in total. The molecular weight excluding hydrogens is 238 g/mol. The van der Waals surface area contributed by atoms with Crippen molar-refractivity contribution in [3.8, 4) is 0 Å². The topological polar surface area (TPSA) is 59.2 Å². The molecule has 0 bridgehead atoms. The highest BCUT2D eigenvalue weighted by molar-refractivity contribution is 6.05. The number of carbonyl (C=O) groups is 1. The Bertz CT molecular complexity index is 638. The number of likely N-dealkylation sites (tertiary alicyclic amines) is 1. The SMILES string of the molecule is Cc1ccc2cccc(C(=O)N3CC[C@@H](N)C3)c2n1. The maximum Gasteiger partial charge on any atom is 0.256 e. The molecule has 1 atom stereocenters. The quantitative estimate of drug-likeness (QED) is 0.844. The first-order valence-electron chi connectivity index (χ1n) is 6.56. The lowest BCUT2D eigenvalue weighted by atomic mass is 10.1. The van der Waals surface area contributed by atoms with E-state index in [2.05, 4.69) is 4.98 Å². The molecule has 1 saturated heterocycles. The van der Waals surface area contributed by atoms with Crippen LogP contribution in [0.3, 0.4) is 0 Å². The summed E-state index contributed by atoms with van der Waals surface area (Å²) in [5, 5.41) is 1.000. The Hall–Kier alpha value is -1.94. The molecule has 0 radical (unpaired) electrons. The average molecular weight is 255 g/mol. The third-order valence-electron chi connectivity index (χ3n) is 3.60. The van der Waals surface area contributed by atoms with E-state index in [-0.39, 0.29) is 11.9 Å². The zero-order valence-corrected chi connectivity index (χ0v) is 11.0. The molecule has 1 aliphatic rings. The molecule has 3 rings (SSSR count). The molecule has 2 aromatic rings. The fourth-order valence-corrected chi connectivity index (χ4v) is 2.56. The zero-order valence-electron chi connectivity index (χ0n) is 11.0. The minimum Gasteiger partial charge on any atom is -0.337 e. The predicted molar refractivity (Wildman–Crippen MR) is 75.0 cm³/mol. The Kier molecular flexibility index (Phi) is 2.95. The molecule has 19 heavy (non-hydrogen) atoms. The third-order valence-corrected chi connectivity index (χ3v) is 3.60. The van der Waals surface area contributed by atoms with Gasteiger partial charge in [0, 0.05) is 30.2 Å². The van der Waals surface area contributed by atoms with E-state index in [0.29, 0.717) is 12.1 Å². The van der Waals surface area contributed by atoms with Crippen LogP contribution in [0.5, 0.6) is 0 Å². The van der Waals surface area contributed by atoms with Gasteiger partial charge in [0.15, 0.2) is 0 Å². The summed E-state index contributed by atoms with van der Waals surface area (Å²) in [6.07, 6.45) is 0.878. The second kappa shape index (κ2) is 4.63. The van der Waals surface area contributed by atoms with Crippen molar-refractivity contribution < 1.29 is 4.79 Å². The largest absolute Gasteiger partial charge is 0.337 e. The molecule has 4 heteroatoms. The van der Waals surface area contributed by atoms with Crippen molar-refractivity contribution in [3.63, 3.8) is 0 Å². The first kappa shape index (κ1) is 12.1. The number of nitrogens with zero attached hydrogens (tertiary/aromatic N) is 2. The van der Waals surface area contributed by atoms with E-state index in [0.717, 1.165) is 29.6 Å². The predicted octanol–water partition coefficient (Wildman–Crippen LogP) is 1.72. The van der Waals surface area contributed by atoms with Crippen molar-refractivity contribution in [1.29, 1.82) is 0 Å². The number of nitrogens with two attached hydrogens (primary N) is 1. The van der Waals surface area contributed by atoms with E-state index < -0.39 is 0 Å². The number of para-hydroxylation sites is 1. The Morgan fingerprint density at radius 1 is 1.37 bits per heavy atom. The zero-order chi connectivity index (χ0) is 13.4. The number of fused-ring (bicyclic) bond motifs is 1. The number of carbonyl (C=O) groups excluding carboxylic acids is 1. The molecule has 0 aliphatic carbocycles. The van der Waals surface area contributed by atoms with Crippen LogP contribution in [0, 0.1) is 6.92 Å². The van der Waals surface area contributed by atoms with Crippen LogP contribution >= 0.6 is 0 Å². The van der Waals surface area contributed by atoms with Crippen molar-refractivity contribution in [3.05, 3.63) is 41.6 Å². The van der Waals surface area contributed by atoms with Crippen molar-refractivity contribution in [2.45, 2.75) is 19.4 Å². The minimum absolute atomic E-state index is 0.0386. The van der Waals surface area contributed by atoms with Gasteiger partial charge < -0.3 is 10.6 Å². The Morgan fingerprint density at radius 2 is 2.21 bits per heavy atom. The summed E-state index contributed by atoms with van der Waals surface area (Å²) in [6, 6.07) is 9.80. The van der Waals surface area contributed by atoms with Gasteiger partial charge in [-0.3, -0.25) is 9.78 Å². The summed E-state index contributed by atoms with van der Waals surface area (Å²) < 4.78 is 0. The monoisotopic (exact) mass is 255 g/mol. The molecule has 1 aliphatic heterocycles. The fourth-order valence-electron chi connectivity index (χ4n) is 2.56. The van der Waals surface area contributed by atoms with Crippen LogP contribution in [-0.2, 0) is 0 Å². The normalized spacial score (nSPS) is 19.1. The lowest BCUT2D eigenvalue weighted by Crippen LogP contribution is -2.32. The highest BCUT2D eigenvalue weighted by Gasteiger charge is 2.25. The van der Waals surface area contributed by atoms with Gasteiger partial charge in [-0.25, -0.2) is 0 Å². The van der Waals surface area contributed by atoms with E-state index in [1.54, 1.807) is 0 Å². The van der Waals surface area contributed by atoms with Gasteiger partial charge in [-0.05, 0) is 25.5 Å². The van der Waals surface area contributed by atoms with Gasteiger partial charge in [0.25, 0.3) is 5.91 Å². The molecule has 0 unspecified atom stereocenters. The van der Waals surface area contributed by atoms with E-state index in [4.69, 9.17) is 5.73 Å². The van der Waals surface area contributed by atoms with Crippen LogP contribution in [0.15, 0.2) is 30.3 Å². The highest BCUT2D eigenvalue weighted by Crippen LogP contribution is 2.20. The highest BCUT2D eigenvalue weighted by atomic mass is 16.2. The Balaban J connectivity index is 2.04. The lowest BCUT2D eigenvalue weighted by Gasteiger charge is -2.16. The van der Waals surface area contributed by atoms with Gasteiger partial charge in [0.2, 0.25) is 0 Å². The van der Waals surface area contributed by atoms with Crippen LogP contribution in [-0.4, -0.2) is 34.9 Å². The van der Waals surface area contributed by atoms with Gasteiger partial charge in [-0.15, -0.1) is 0 Å². The summed E-state index contributed by atoms with van der Waals surface area (Å²) >= 11 is 0. The molecule has 1 aromatic carbocycles. The third kappa shape index (κ3) is 2.19. The fraction of sp³-hybridized carbons (Fsp3) is 0.333. The average Bonchev–Trinajstić information content (AvgIpc) is 2.84. The van der Waals surface area contributed by atoms with Gasteiger partial charge >= 0.3 is 0 Å². The second-order valence-electron chi connectivity index (χ2n) is 5.13. The van der Waals surface area contributed by atoms with E-state index in [1.165, 1.54) is 0 Å². The molecule has 98 valence electrons. The smallest absolute Gasteiger partial charge is 0.256 e. The minimum atomic E-state index is 0.0386. The van der Waals surface area contributed by atoms with Gasteiger partial charge in [-0.1, -0.05) is 18.2 Å². The molecule has 4 nitrogen and oxygen atoms in total. The van der Waals surface area contributed by atoms with E-state index in [1.807, 2.05) is 42.2 Å². The summed E-state index contributed by atoms with van der Waals surface area (Å²) in [6.45, 7) is 3.32. The molecule has 0 saturated carbocycles. The first-order chi connectivity index (χ1) is 9.15. The maximum absolute atomic E-state index is 12.5.